The molecule has 0 bridgehead atoms. The molecule has 1 heterocycles. The molecule has 0 saturated carbocycles. The molecule has 4 nitrogen and oxygen atoms in total. The third-order valence-corrected chi connectivity index (χ3v) is 1.22. The van der Waals surface area contributed by atoms with Crippen molar-refractivity contribution < 1.29 is 4.79 Å². The molecule has 11 heavy (non-hydrogen) atoms. The number of nitrogens with zero attached hydrogens (tertiary/aromatic N) is 3. The molecule has 4 heteroatoms. The van der Waals surface area contributed by atoms with Crippen molar-refractivity contribution in [3.63, 3.8) is 0 Å². The van der Waals surface area contributed by atoms with E-state index in [0.717, 1.165) is 0 Å². The molecule has 0 atom stereocenters. The molecule has 1 aromatic rings. The molecule has 0 amide bonds. The first-order chi connectivity index (χ1) is 5.24. The SMILES string of the molecule is C=CCC(=O)c1cnn(C)n1. The predicted molar refractivity (Wildman–Crippen MR) is 40.1 cm³/mol. The quantitative estimate of drug-likeness (QED) is 0.468. The Morgan fingerprint density at radius 1 is 1.91 bits per heavy atom. The van der Waals surface area contributed by atoms with Crippen LogP contribution >= 0.6 is 0 Å². The fraction of sp³-hybridized carbons (Fsp3) is 0.286. The molecule has 0 radical (unpaired) electrons. The van der Waals surface area contributed by atoms with Crippen LogP contribution in [0.4, 0.5) is 0 Å². The molecule has 0 aliphatic rings. The summed E-state index contributed by atoms with van der Waals surface area (Å²) >= 11 is 0. The number of carbonyl (C=O) groups is 1. The van der Waals surface area contributed by atoms with Gasteiger partial charge in [-0.25, -0.2) is 0 Å². The Labute approximate surface area is 64.5 Å². The van der Waals surface area contributed by atoms with Crippen molar-refractivity contribution in [2.75, 3.05) is 0 Å². The number of aryl methyl sites for hydroxylation is 1. The van der Waals surface area contributed by atoms with Crippen molar-refractivity contribution in [3.8, 4) is 0 Å². The maximum atomic E-state index is 11.1. The summed E-state index contributed by atoms with van der Waals surface area (Å²) in [6.45, 7) is 3.46. The Balaban J connectivity index is 2.76. The molecule has 0 aliphatic carbocycles. The van der Waals surface area contributed by atoms with Gasteiger partial charge in [0.25, 0.3) is 0 Å². The van der Waals surface area contributed by atoms with E-state index in [4.69, 9.17) is 0 Å². The predicted octanol–water partition coefficient (Wildman–Crippen LogP) is 0.574. The van der Waals surface area contributed by atoms with Gasteiger partial charge in [0, 0.05) is 13.5 Å². The second-order valence-corrected chi connectivity index (χ2v) is 2.14. The van der Waals surface area contributed by atoms with E-state index in [1.807, 2.05) is 0 Å². The standard InChI is InChI=1S/C7H9N3O/c1-3-4-7(11)6-5-8-10(2)9-6/h3,5H,1,4H2,2H3. The second-order valence-electron chi connectivity index (χ2n) is 2.14. The van der Waals surface area contributed by atoms with E-state index in [-0.39, 0.29) is 5.78 Å². The van der Waals surface area contributed by atoms with E-state index >= 15 is 0 Å². The summed E-state index contributed by atoms with van der Waals surface area (Å²) in [6.07, 6.45) is 3.32. The van der Waals surface area contributed by atoms with Crippen LogP contribution in [0.1, 0.15) is 16.9 Å². The van der Waals surface area contributed by atoms with Gasteiger partial charge in [0.1, 0.15) is 5.69 Å². The van der Waals surface area contributed by atoms with Crippen molar-refractivity contribution in [3.05, 3.63) is 24.5 Å². The average Bonchev–Trinajstić information content (AvgIpc) is 2.36. The number of ketones is 1. The first kappa shape index (κ1) is 7.65. The highest BCUT2D eigenvalue weighted by molar-refractivity contribution is 5.94. The third kappa shape index (κ3) is 1.73. The maximum absolute atomic E-state index is 11.1. The van der Waals surface area contributed by atoms with E-state index in [1.165, 1.54) is 11.0 Å². The van der Waals surface area contributed by atoms with E-state index < -0.39 is 0 Å². The van der Waals surface area contributed by atoms with Gasteiger partial charge in [0.15, 0.2) is 5.78 Å². The van der Waals surface area contributed by atoms with Gasteiger partial charge in [0.05, 0.1) is 6.20 Å². The van der Waals surface area contributed by atoms with Crippen LogP contribution in [0.2, 0.25) is 0 Å². The summed E-state index contributed by atoms with van der Waals surface area (Å²) in [5.74, 6) is -0.0481. The topological polar surface area (TPSA) is 47.8 Å². The first-order valence-corrected chi connectivity index (χ1v) is 3.24. The minimum Gasteiger partial charge on any atom is -0.292 e. The number of allylic oxidation sites excluding steroid dienone is 1. The van der Waals surface area contributed by atoms with Crippen LogP contribution in [0.5, 0.6) is 0 Å². The van der Waals surface area contributed by atoms with Crippen LogP contribution < -0.4 is 0 Å². The lowest BCUT2D eigenvalue weighted by atomic mass is 10.2. The van der Waals surface area contributed by atoms with Gasteiger partial charge in [0.2, 0.25) is 0 Å². The van der Waals surface area contributed by atoms with Gasteiger partial charge < -0.3 is 0 Å². The van der Waals surface area contributed by atoms with Crippen LogP contribution in [0.25, 0.3) is 0 Å². The zero-order valence-corrected chi connectivity index (χ0v) is 6.32. The Bertz CT molecular complexity index is 277. The zero-order valence-electron chi connectivity index (χ0n) is 6.32. The molecule has 0 aliphatic heterocycles. The molecule has 0 unspecified atom stereocenters. The van der Waals surface area contributed by atoms with Crippen molar-refractivity contribution in [1.29, 1.82) is 0 Å². The molecule has 0 fully saturated rings. The van der Waals surface area contributed by atoms with Gasteiger partial charge in [-0.15, -0.1) is 6.58 Å². The highest BCUT2D eigenvalue weighted by Gasteiger charge is 2.06. The van der Waals surface area contributed by atoms with Crippen LogP contribution in [0, 0.1) is 0 Å². The lowest BCUT2D eigenvalue weighted by Gasteiger charge is -1.87. The van der Waals surface area contributed by atoms with Gasteiger partial charge in [-0.3, -0.25) is 4.79 Å². The Morgan fingerprint density at radius 3 is 3.09 bits per heavy atom. The number of hydrogen-bond donors (Lipinski definition) is 0. The van der Waals surface area contributed by atoms with Crippen LogP contribution in [0.15, 0.2) is 18.9 Å². The molecule has 0 aromatic carbocycles. The first-order valence-electron chi connectivity index (χ1n) is 3.24. The van der Waals surface area contributed by atoms with Crippen molar-refractivity contribution >= 4 is 5.78 Å². The molecule has 1 rings (SSSR count). The minimum absolute atomic E-state index is 0.0481. The summed E-state index contributed by atoms with van der Waals surface area (Å²) in [5.41, 5.74) is 0.396. The lowest BCUT2D eigenvalue weighted by Crippen LogP contribution is -1.99. The Hall–Kier alpha value is -1.45. The average molecular weight is 151 g/mol. The Kier molecular flexibility index (Phi) is 2.15. The van der Waals surface area contributed by atoms with E-state index in [1.54, 1.807) is 13.1 Å². The molecular weight excluding hydrogens is 142 g/mol. The number of hydrogen-bond acceptors (Lipinski definition) is 3. The highest BCUT2D eigenvalue weighted by Crippen LogP contribution is 1.96. The molecule has 1 aromatic heterocycles. The highest BCUT2D eigenvalue weighted by atomic mass is 16.1. The number of carbonyl (C=O) groups excluding carboxylic acids is 1. The van der Waals surface area contributed by atoms with Crippen molar-refractivity contribution in [2.45, 2.75) is 6.42 Å². The number of rotatable bonds is 3. The van der Waals surface area contributed by atoms with E-state index in [9.17, 15) is 4.79 Å². The molecule has 0 N–H and O–H groups in total. The molecule has 58 valence electrons. The smallest absolute Gasteiger partial charge is 0.188 e. The largest absolute Gasteiger partial charge is 0.292 e. The summed E-state index contributed by atoms with van der Waals surface area (Å²) in [4.78, 5) is 12.4. The monoisotopic (exact) mass is 151 g/mol. The third-order valence-electron chi connectivity index (χ3n) is 1.22. The lowest BCUT2D eigenvalue weighted by molar-refractivity contribution is 0.0990. The fourth-order valence-electron chi connectivity index (χ4n) is 0.709. The van der Waals surface area contributed by atoms with E-state index in [2.05, 4.69) is 16.8 Å². The van der Waals surface area contributed by atoms with Gasteiger partial charge in [-0.1, -0.05) is 6.08 Å². The van der Waals surface area contributed by atoms with E-state index in [0.29, 0.717) is 12.1 Å². The Morgan fingerprint density at radius 2 is 2.64 bits per heavy atom. The van der Waals surface area contributed by atoms with Crippen LogP contribution in [-0.4, -0.2) is 20.8 Å². The molecular formula is C7H9N3O. The zero-order chi connectivity index (χ0) is 8.27. The van der Waals surface area contributed by atoms with Crippen molar-refractivity contribution in [2.24, 2.45) is 7.05 Å². The number of Topliss-reactive ketones (excluding diaryl/α,β-unsaturated/α-hetero) is 1. The summed E-state index contributed by atoms with van der Waals surface area (Å²) in [5, 5.41) is 7.61. The van der Waals surface area contributed by atoms with Crippen molar-refractivity contribution in [1.82, 2.24) is 15.0 Å². The van der Waals surface area contributed by atoms with Crippen LogP contribution in [0.3, 0.4) is 0 Å². The number of aromatic nitrogens is 3. The normalized spacial score (nSPS) is 9.55. The fourth-order valence-corrected chi connectivity index (χ4v) is 0.709. The summed E-state index contributed by atoms with van der Waals surface area (Å²) < 4.78 is 0. The minimum atomic E-state index is -0.0481. The molecule has 0 saturated heterocycles. The van der Waals surface area contributed by atoms with Gasteiger partial charge in [-0.05, 0) is 0 Å². The second kappa shape index (κ2) is 3.09. The maximum Gasteiger partial charge on any atom is 0.188 e. The van der Waals surface area contributed by atoms with Gasteiger partial charge in [-0.2, -0.15) is 15.0 Å². The van der Waals surface area contributed by atoms with Crippen LogP contribution in [-0.2, 0) is 7.05 Å². The summed E-state index contributed by atoms with van der Waals surface area (Å²) in [7, 11) is 1.67. The van der Waals surface area contributed by atoms with Gasteiger partial charge >= 0.3 is 0 Å². The molecule has 0 spiro atoms. The summed E-state index contributed by atoms with van der Waals surface area (Å²) in [6, 6.07) is 0.